The van der Waals surface area contributed by atoms with E-state index in [1.54, 1.807) is 0 Å². The molecule has 2 atom stereocenters. The van der Waals surface area contributed by atoms with Crippen LogP contribution in [0, 0.1) is 0 Å². The first-order valence-electron chi connectivity index (χ1n) is 6.46. The van der Waals surface area contributed by atoms with Crippen molar-refractivity contribution >= 4 is 11.8 Å². The fraction of sp³-hybridized carbons (Fsp3) is 0.125. The minimum Gasteiger partial charge on any atom is -0.338 e. The molecule has 0 saturated carbocycles. The largest absolute Gasteiger partial charge is 0.338 e. The van der Waals surface area contributed by atoms with Crippen LogP contribution in [-0.2, 0) is 9.59 Å². The number of rotatable bonds is 2. The van der Waals surface area contributed by atoms with Crippen LogP contribution in [0.2, 0.25) is 0 Å². The molecule has 2 amide bonds. The van der Waals surface area contributed by atoms with Crippen LogP contribution < -0.4 is 10.6 Å². The van der Waals surface area contributed by atoms with Crippen molar-refractivity contribution in [1.82, 2.24) is 10.6 Å². The average molecular weight is 266 g/mol. The van der Waals surface area contributed by atoms with Crippen molar-refractivity contribution in [2.24, 2.45) is 0 Å². The highest BCUT2D eigenvalue weighted by molar-refractivity contribution is 5.98. The lowest BCUT2D eigenvalue weighted by Gasteiger charge is -2.30. The van der Waals surface area contributed by atoms with Gasteiger partial charge in [-0.25, -0.2) is 0 Å². The number of hydrogen-bond acceptors (Lipinski definition) is 2. The average Bonchev–Trinajstić information content (AvgIpc) is 2.51. The van der Waals surface area contributed by atoms with E-state index in [9.17, 15) is 9.59 Å². The summed E-state index contributed by atoms with van der Waals surface area (Å²) in [5, 5.41) is 5.56. The van der Waals surface area contributed by atoms with Gasteiger partial charge in [-0.1, -0.05) is 60.7 Å². The molecule has 3 rings (SSSR count). The third-order valence-corrected chi connectivity index (χ3v) is 3.36. The van der Waals surface area contributed by atoms with E-state index in [-0.39, 0.29) is 11.8 Å². The third-order valence-electron chi connectivity index (χ3n) is 3.36. The zero-order valence-corrected chi connectivity index (χ0v) is 10.7. The lowest BCUT2D eigenvalue weighted by Crippen LogP contribution is -2.52. The number of nitrogens with one attached hydrogen (secondary N) is 2. The molecular weight excluding hydrogens is 252 g/mol. The van der Waals surface area contributed by atoms with Gasteiger partial charge in [-0.2, -0.15) is 0 Å². The van der Waals surface area contributed by atoms with Gasteiger partial charge in [-0.3, -0.25) is 9.59 Å². The van der Waals surface area contributed by atoms with Crippen LogP contribution in [0.3, 0.4) is 0 Å². The van der Waals surface area contributed by atoms with E-state index in [4.69, 9.17) is 0 Å². The van der Waals surface area contributed by atoms with Gasteiger partial charge in [-0.15, -0.1) is 0 Å². The molecule has 2 N–H and O–H groups in total. The SMILES string of the molecule is O=C1N[C@@H](c2ccccc2)C(=O)N[C@H]1c1ccccc1. The topological polar surface area (TPSA) is 58.2 Å². The number of amides is 2. The molecule has 4 heteroatoms. The van der Waals surface area contributed by atoms with E-state index in [1.807, 2.05) is 60.7 Å². The molecule has 100 valence electrons. The number of piperazine rings is 1. The van der Waals surface area contributed by atoms with Crippen molar-refractivity contribution in [1.29, 1.82) is 0 Å². The Balaban J connectivity index is 1.84. The molecule has 1 fully saturated rings. The summed E-state index contributed by atoms with van der Waals surface area (Å²) in [5.74, 6) is -0.380. The van der Waals surface area contributed by atoms with E-state index in [2.05, 4.69) is 10.6 Å². The van der Waals surface area contributed by atoms with Crippen LogP contribution in [-0.4, -0.2) is 11.8 Å². The molecule has 0 aromatic heterocycles. The second kappa shape index (κ2) is 5.17. The van der Waals surface area contributed by atoms with E-state index in [0.29, 0.717) is 0 Å². The lowest BCUT2D eigenvalue weighted by atomic mass is 9.98. The molecule has 0 spiro atoms. The summed E-state index contributed by atoms with van der Waals surface area (Å²) in [5.41, 5.74) is 1.56. The summed E-state index contributed by atoms with van der Waals surface area (Å²) >= 11 is 0. The van der Waals surface area contributed by atoms with Gasteiger partial charge in [0.15, 0.2) is 0 Å². The summed E-state index contributed by atoms with van der Waals surface area (Å²) < 4.78 is 0. The number of carbonyl (C=O) groups excluding carboxylic acids is 2. The van der Waals surface area contributed by atoms with Gasteiger partial charge in [0.2, 0.25) is 11.8 Å². The van der Waals surface area contributed by atoms with Crippen molar-refractivity contribution in [3.8, 4) is 0 Å². The first kappa shape index (κ1) is 12.4. The molecule has 1 aliphatic rings. The van der Waals surface area contributed by atoms with Crippen molar-refractivity contribution in [3.05, 3.63) is 71.8 Å². The van der Waals surface area contributed by atoms with Gasteiger partial charge in [-0.05, 0) is 11.1 Å². The van der Waals surface area contributed by atoms with Gasteiger partial charge in [0, 0.05) is 0 Å². The Morgan fingerprint density at radius 2 is 0.950 bits per heavy atom. The first-order chi connectivity index (χ1) is 9.75. The molecule has 0 unspecified atom stereocenters. The van der Waals surface area contributed by atoms with Crippen molar-refractivity contribution < 1.29 is 9.59 Å². The molecular formula is C16H14N2O2. The second-order valence-electron chi connectivity index (χ2n) is 4.70. The summed E-state index contributed by atoms with van der Waals surface area (Å²) in [6.07, 6.45) is 0. The Morgan fingerprint density at radius 3 is 1.30 bits per heavy atom. The number of benzene rings is 2. The third kappa shape index (κ3) is 2.28. The molecule has 4 nitrogen and oxygen atoms in total. The lowest BCUT2D eigenvalue weighted by molar-refractivity contribution is -0.137. The number of hydrogen-bond donors (Lipinski definition) is 2. The Kier molecular flexibility index (Phi) is 3.21. The molecule has 1 saturated heterocycles. The minimum absolute atomic E-state index is 0.190. The van der Waals surface area contributed by atoms with Crippen LogP contribution >= 0.6 is 0 Å². The zero-order valence-electron chi connectivity index (χ0n) is 10.7. The molecule has 0 radical (unpaired) electrons. The van der Waals surface area contributed by atoms with Gasteiger partial charge in [0.05, 0.1) is 0 Å². The summed E-state index contributed by atoms with van der Waals surface area (Å²) in [6, 6.07) is 17.2. The van der Waals surface area contributed by atoms with Crippen LogP contribution in [0.25, 0.3) is 0 Å². The predicted molar refractivity (Wildman–Crippen MR) is 74.7 cm³/mol. The molecule has 2 aromatic carbocycles. The molecule has 0 bridgehead atoms. The molecule has 0 aliphatic carbocycles. The van der Waals surface area contributed by atoms with Crippen LogP contribution in [0.1, 0.15) is 23.2 Å². The van der Waals surface area contributed by atoms with Crippen LogP contribution in [0.4, 0.5) is 0 Å². The van der Waals surface area contributed by atoms with Crippen LogP contribution in [0.15, 0.2) is 60.7 Å². The Labute approximate surface area is 116 Å². The Morgan fingerprint density at radius 1 is 0.600 bits per heavy atom. The van der Waals surface area contributed by atoms with E-state index in [1.165, 1.54) is 0 Å². The molecule has 2 aromatic rings. The standard InChI is InChI=1S/C16H14N2O2/c19-15-13(11-7-3-1-4-8-11)17-16(20)14(18-15)12-9-5-2-6-10-12/h1-10,13-14H,(H,17,20)(H,18,19)/t13-,14-/m0/s1. The van der Waals surface area contributed by atoms with Gasteiger partial charge in [0.1, 0.15) is 12.1 Å². The fourth-order valence-electron chi connectivity index (χ4n) is 2.34. The summed E-state index contributed by atoms with van der Waals surface area (Å²) in [6.45, 7) is 0. The van der Waals surface area contributed by atoms with E-state index >= 15 is 0 Å². The van der Waals surface area contributed by atoms with Gasteiger partial charge >= 0.3 is 0 Å². The number of carbonyl (C=O) groups is 2. The minimum atomic E-state index is -0.622. The first-order valence-corrected chi connectivity index (χ1v) is 6.46. The molecule has 1 heterocycles. The smallest absolute Gasteiger partial charge is 0.248 e. The normalized spacial score (nSPS) is 22.0. The highest BCUT2D eigenvalue weighted by Gasteiger charge is 2.35. The maximum absolute atomic E-state index is 12.2. The van der Waals surface area contributed by atoms with Crippen molar-refractivity contribution in [3.63, 3.8) is 0 Å². The second-order valence-corrected chi connectivity index (χ2v) is 4.70. The molecule has 1 aliphatic heterocycles. The van der Waals surface area contributed by atoms with Gasteiger partial charge < -0.3 is 10.6 Å². The van der Waals surface area contributed by atoms with E-state index in [0.717, 1.165) is 11.1 Å². The highest BCUT2D eigenvalue weighted by Crippen LogP contribution is 2.22. The predicted octanol–water partition coefficient (Wildman–Crippen LogP) is 1.71. The summed E-state index contributed by atoms with van der Waals surface area (Å²) in [7, 11) is 0. The maximum Gasteiger partial charge on any atom is 0.248 e. The Hall–Kier alpha value is -2.62. The zero-order chi connectivity index (χ0) is 13.9. The maximum atomic E-state index is 12.2. The van der Waals surface area contributed by atoms with Crippen molar-refractivity contribution in [2.45, 2.75) is 12.1 Å². The highest BCUT2D eigenvalue weighted by atomic mass is 16.2. The Bertz CT molecular complexity index is 568. The molecule has 20 heavy (non-hydrogen) atoms. The fourth-order valence-corrected chi connectivity index (χ4v) is 2.34. The monoisotopic (exact) mass is 266 g/mol. The van der Waals surface area contributed by atoms with Gasteiger partial charge in [0.25, 0.3) is 0 Å². The van der Waals surface area contributed by atoms with Crippen molar-refractivity contribution in [2.75, 3.05) is 0 Å². The van der Waals surface area contributed by atoms with E-state index < -0.39 is 12.1 Å². The van der Waals surface area contributed by atoms with Crippen LogP contribution in [0.5, 0.6) is 0 Å². The summed E-state index contributed by atoms with van der Waals surface area (Å²) in [4.78, 5) is 24.4. The quantitative estimate of drug-likeness (QED) is 0.869.